The van der Waals surface area contributed by atoms with Crippen molar-refractivity contribution in [1.82, 2.24) is 10.0 Å². The number of furan rings is 1. The second-order valence-electron chi connectivity index (χ2n) is 4.54. The normalized spacial score (nSPS) is 13.6. The summed E-state index contributed by atoms with van der Waals surface area (Å²) in [7, 11) is -1.86. The van der Waals surface area contributed by atoms with Gasteiger partial charge < -0.3 is 9.73 Å². The fourth-order valence-corrected chi connectivity index (χ4v) is 3.93. The van der Waals surface area contributed by atoms with Crippen molar-refractivity contribution in [3.63, 3.8) is 0 Å². The Morgan fingerprint density at radius 3 is 2.65 bits per heavy atom. The van der Waals surface area contributed by atoms with Crippen LogP contribution in [-0.4, -0.2) is 15.5 Å². The lowest BCUT2D eigenvalue weighted by molar-refractivity contribution is 0.403. The van der Waals surface area contributed by atoms with E-state index in [2.05, 4.69) is 10.0 Å². The number of sulfonamides is 1. The molecule has 0 spiro atoms. The van der Waals surface area contributed by atoms with E-state index < -0.39 is 10.0 Å². The minimum atomic E-state index is -3.63. The van der Waals surface area contributed by atoms with Gasteiger partial charge in [0.25, 0.3) is 10.0 Å². The summed E-state index contributed by atoms with van der Waals surface area (Å²) in [5, 5.41) is 2.86. The lowest BCUT2D eigenvalue weighted by atomic mass is 10.3. The molecule has 1 atom stereocenters. The summed E-state index contributed by atoms with van der Waals surface area (Å²) in [5.41, 5.74) is 0. The van der Waals surface area contributed by atoms with E-state index in [-0.39, 0.29) is 11.1 Å². The number of hydrogen-bond acceptors (Lipinski definition) is 5. The Balaban J connectivity index is 2.13. The topological polar surface area (TPSA) is 71.3 Å². The van der Waals surface area contributed by atoms with Crippen LogP contribution in [0.2, 0.25) is 0 Å². The van der Waals surface area contributed by atoms with Gasteiger partial charge in [0.05, 0.1) is 12.6 Å². The standard InChI is InChI=1S/C13H18N2O3S2/c1-9-4-6-12(19-9)10(2)15-20(16,17)13-7-5-11(18-13)8-14-3/h4-7,10,14-15H,8H2,1-3H3. The average Bonchev–Trinajstić information content (AvgIpc) is 2.98. The van der Waals surface area contributed by atoms with Crippen LogP contribution in [0, 0.1) is 6.92 Å². The maximum atomic E-state index is 12.2. The van der Waals surface area contributed by atoms with Gasteiger partial charge in [0.2, 0.25) is 5.09 Å². The SMILES string of the molecule is CNCc1ccc(S(=O)(=O)NC(C)c2ccc(C)s2)o1. The molecule has 0 aliphatic heterocycles. The Morgan fingerprint density at radius 1 is 1.30 bits per heavy atom. The van der Waals surface area contributed by atoms with Crippen LogP contribution < -0.4 is 10.0 Å². The minimum Gasteiger partial charge on any atom is -0.447 e. The lowest BCUT2D eigenvalue weighted by Crippen LogP contribution is -2.26. The van der Waals surface area contributed by atoms with Gasteiger partial charge in [0.1, 0.15) is 5.76 Å². The summed E-state index contributed by atoms with van der Waals surface area (Å²) in [6, 6.07) is 6.76. The van der Waals surface area contributed by atoms with E-state index in [9.17, 15) is 8.42 Å². The molecule has 0 aliphatic carbocycles. The molecule has 2 aromatic heterocycles. The van der Waals surface area contributed by atoms with Crippen molar-refractivity contribution >= 4 is 21.4 Å². The van der Waals surface area contributed by atoms with Gasteiger partial charge in [-0.2, -0.15) is 0 Å². The predicted molar refractivity (Wildman–Crippen MR) is 79.3 cm³/mol. The molecule has 2 aromatic rings. The first-order valence-electron chi connectivity index (χ1n) is 6.24. The van der Waals surface area contributed by atoms with E-state index >= 15 is 0 Å². The maximum absolute atomic E-state index is 12.2. The van der Waals surface area contributed by atoms with Crippen molar-refractivity contribution in [1.29, 1.82) is 0 Å². The van der Waals surface area contributed by atoms with Crippen LogP contribution in [0.15, 0.2) is 33.8 Å². The third-order valence-corrected chi connectivity index (χ3v) is 5.37. The Morgan fingerprint density at radius 2 is 2.05 bits per heavy atom. The summed E-state index contributed by atoms with van der Waals surface area (Å²) in [6.07, 6.45) is 0. The molecule has 0 aliphatic rings. The van der Waals surface area contributed by atoms with Crippen molar-refractivity contribution in [2.75, 3.05) is 7.05 Å². The molecule has 2 N–H and O–H groups in total. The molecule has 0 bridgehead atoms. The molecule has 110 valence electrons. The maximum Gasteiger partial charge on any atom is 0.274 e. The largest absolute Gasteiger partial charge is 0.447 e. The molecule has 2 heterocycles. The number of rotatable bonds is 6. The fourth-order valence-electron chi connectivity index (χ4n) is 1.81. The van der Waals surface area contributed by atoms with Crippen molar-refractivity contribution in [2.24, 2.45) is 0 Å². The van der Waals surface area contributed by atoms with Gasteiger partial charge in [-0.25, -0.2) is 13.1 Å². The molecule has 0 saturated heterocycles. The molecule has 0 fully saturated rings. The second kappa shape index (κ2) is 6.09. The molecule has 7 heteroatoms. The first-order valence-corrected chi connectivity index (χ1v) is 8.54. The highest BCUT2D eigenvalue weighted by Gasteiger charge is 2.22. The zero-order valence-electron chi connectivity index (χ0n) is 11.6. The van der Waals surface area contributed by atoms with Gasteiger partial charge in [-0.05, 0) is 45.2 Å². The van der Waals surface area contributed by atoms with E-state index in [0.29, 0.717) is 12.3 Å². The molecule has 0 saturated carbocycles. The van der Waals surface area contributed by atoms with E-state index in [1.165, 1.54) is 6.07 Å². The first kappa shape index (κ1) is 15.2. The Kier molecular flexibility index (Phi) is 4.64. The van der Waals surface area contributed by atoms with E-state index in [0.717, 1.165) is 9.75 Å². The van der Waals surface area contributed by atoms with Gasteiger partial charge in [0.15, 0.2) is 0 Å². The van der Waals surface area contributed by atoms with Gasteiger partial charge in [-0.15, -0.1) is 11.3 Å². The van der Waals surface area contributed by atoms with Crippen LogP contribution >= 0.6 is 11.3 Å². The van der Waals surface area contributed by atoms with E-state index in [4.69, 9.17) is 4.42 Å². The van der Waals surface area contributed by atoms with Gasteiger partial charge in [0, 0.05) is 9.75 Å². The molecule has 0 aromatic carbocycles. The summed E-state index contributed by atoms with van der Waals surface area (Å²) in [4.78, 5) is 2.13. The molecule has 5 nitrogen and oxygen atoms in total. The van der Waals surface area contributed by atoms with E-state index in [1.807, 2.05) is 26.0 Å². The number of nitrogens with one attached hydrogen (secondary N) is 2. The van der Waals surface area contributed by atoms with Crippen LogP contribution in [0.4, 0.5) is 0 Å². The summed E-state index contributed by atoms with van der Waals surface area (Å²) in [6.45, 7) is 4.31. The molecule has 0 radical (unpaired) electrons. The average molecular weight is 314 g/mol. The van der Waals surface area contributed by atoms with Crippen LogP contribution in [0.25, 0.3) is 0 Å². The second-order valence-corrected chi connectivity index (χ2v) is 7.51. The fraction of sp³-hybridized carbons (Fsp3) is 0.385. The lowest BCUT2D eigenvalue weighted by Gasteiger charge is -2.11. The quantitative estimate of drug-likeness (QED) is 0.859. The first-order chi connectivity index (χ1) is 9.42. The van der Waals surface area contributed by atoms with Gasteiger partial charge in [-0.3, -0.25) is 0 Å². The van der Waals surface area contributed by atoms with Gasteiger partial charge >= 0.3 is 0 Å². The highest BCUT2D eigenvalue weighted by atomic mass is 32.2. The van der Waals surface area contributed by atoms with Gasteiger partial charge in [-0.1, -0.05) is 0 Å². The Labute approximate surface area is 123 Å². The summed E-state index contributed by atoms with van der Waals surface area (Å²) >= 11 is 1.58. The zero-order valence-corrected chi connectivity index (χ0v) is 13.3. The van der Waals surface area contributed by atoms with Crippen molar-refractivity contribution in [3.05, 3.63) is 39.8 Å². The minimum absolute atomic E-state index is 0.0529. The monoisotopic (exact) mass is 314 g/mol. The molecule has 2 rings (SSSR count). The Hall–Kier alpha value is -1.15. The van der Waals surface area contributed by atoms with Crippen molar-refractivity contribution < 1.29 is 12.8 Å². The highest BCUT2D eigenvalue weighted by molar-refractivity contribution is 7.89. The third kappa shape index (κ3) is 3.49. The van der Waals surface area contributed by atoms with Crippen LogP contribution in [0.1, 0.15) is 28.5 Å². The molecule has 1 unspecified atom stereocenters. The summed E-state index contributed by atoms with van der Waals surface area (Å²) < 4.78 is 32.4. The predicted octanol–water partition coefficient (Wildman–Crippen LogP) is 2.41. The number of aryl methyl sites for hydroxylation is 1. The van der Waals surface area contributed by atoms with Crippen LogP contribution in [0.3, 0.4) is 0 Å². The molecule has 20 heavy (non-hydrogen) atoms. The zero-order chi connectivity index (χ0) is 14.8. The van der Waals surface area contributed by atoms with Crippen molar-refractivity contribution in [2.45, 2.75) is 31.5 Å². The molecular weight excluding hydrogens is 296 g/mol. The van der Waals surface area contributed by atoms with Crippen LogP contribution in [0.5, 0.6) is 0 Å². The smallest absolute Gasteiger partial charge is 0.274 e. The Bertz CT molecular complexity index is 673. The highest BCUT2D eigenvalue weighted by Crippen LogP contribution is 2.24. The van der Waals surface area contributed by atoms with Crippen LogP contribution in [-0.2, 0) is 16.6 Å². The van der Waals surface area contributed by atoms with Crippen molar-refractivity contribution in [3.8, 4) is 0 Å². The summed E-state index contributed by atoms with van der Waals surface area (Å²) in [5.74, 6) is 0.590. The molecular formula is C13H18N2O3S2. The number of thiophene rings is 1. The molecule has 0 amide bonds. The number of hydrogen-bond donors (Lipinski definition) is 2. The van der Waals surface area contributed by atoms with E-state index in [1.54, 1.807) is 24.5 Å². The third-order valence-electron chi connectivity index (χ3n) is 2.77.